The third-order valence-corrected chi connectivity index (χ3v) is 7.47. The first kappa shape index (κ1) is 26.7. The van der Waals surface area contributed by atoms with E-state index in [1.807, 2.05) is 39.8 Å². The summed E-state index contributed by atoms with van der Waals surface area (Å²) in [6.45, 7) is 8.34. The number of nitrogens with zero attached hydrogens (tertiary/aromatic N) is 1. The van der Waals surface area contributed by atoms with Gasteiger partial charge in [0, 0.05) is 29.1 Å². The van der Waals surface area contributed by atoms with Gasteiger partial charge in [-0.05, 0) is 48.2 Å². The molecule has 1 aliphatic heterocycles. The number of piperidine rings is 1. The van der Waals surface area contributed by atoms with Crippen LogP contribution in [0.25, 0.3) is 0 Å². The van der Waals surface area contributed by atoms with Gasteiger partial charge in [0.1, 0.15) is 6.04 Å². The lowest BCUT2D eigenvalue weighted by Crippen LogP contribution is -2.60. The number of rotatable bonds is 7. The molecule has 2 aromatic rings. The fourth-order valence-corrected chi connectivity index (χ4v) is 4.79. The van der Waals surface area contributed by atoms with E-state index in [9.17, 15) is 24.6 Å². The summed E-state index contributed by atoms with van der Waals surface area (Å²) in [5.41, 5.74) is -0.857. The predicted octanol–water partition coefficient (Wildman–Crippen LogP) is 4.33. The van der Waals surface area contributed by atoms with Crippen LogP contribution in [-0.4, -0.2) is 52.0 Å². The summed E-state index contributed by atoms with van der Waals surface area (Å²) in [6.07, 6.45) is 1.01. The molecule has 0 unspecified atom stereocenters. The molecule has 2 aromatic carbocycles. The predicted molar refractivity (Wildman–Crippen MR) is 134 cm³/mol. The van der Waals surface area contributed by atoms with Crippen LogP contribution in [-0.2, 0) is 10.4 Å². The number of amides is 2. The molecule has 0 aromatic heterocycles. The van der Waals surface area contributed by atoms with Gasteiger partial charge in [-0.25, -0.2) is 4.79 Å². The van der Waals surface area contributed by atoms with Crippen molar-refractivity contribution in [2.75, 3.05) is 13.1 Å². The van der Waals surface area contributed by atoms with Crippen molar-refractivity contribution in [1.29, 1.82) is 0 Å². The molecule has 1 heterocycles. The number of carbonyl (C=O) groups is 3. The molecule has 1 fully saturated rings. The second kappa shape index (κ2) is 10.4. The molecular weight excluding hydrogens is 468 g/mol. The first-order valence-corrected chi connectivity index (χ1v) is 12.2. The van der Waals surface area contributed by atoms with E-state index in [0.29, 0.717) is 31.0 Å². The third kappa shape index (κ3) is 5.52. The molecule has 1 saturated heterocycles. The number of likely N-dealkylation sites (tertiary alicyclic amines) is 1. The van der Waals surface area contributed by atoms with Crippen LogP contribution in [0.2, 0.25) is 5.02 Å². The molecule has 0 spiro atoms. The Labute approximate surface area is 211 Å². The molecule has 3 atom stereocenters. The number of carboxylic acid groups (broad SMARTS) is 1. The van der Waals surface area contributed by atoms with Crippen LogP contribution in [0.4, 0.5) is 0 Å². The van der Waals surface area contributed by atoms with Gasteiger partial charge >= 0.3 is 5.97 Å². The molecule has 7 nitrogen and oxygen atoms in total. The summed E-state index contributed by atoms with van der Waals surface area (Å²) in [5, 5.41) is 24.3. The number of aliphatic hydroxyl groups is 1. The Bertz CT molecular complexity index is 1100. The van der Waals surface area contributed by atoms with Crippen LogP contribution in [0, 0.1) is 11.3 Å². The number of halogens is 1. The summed E-state index contributed by atoms with van der Waals surface area (Å²) >= 11 is 6.02. The number of carbonyl (C=O) groups excluding carboxylic acids is 2. The maximum Gasteiger partial charge on any atom is 0.335 e. The molecule has 188 valence electrons. The zero-order chi connectivity index (χ0) is 26.0. The largest absolute Gasteiger partial charge is 0.478 e. The van der Waals surface area contributed by atoms with Crippen molar-refractivity contribution in [2.24, 2.45) is 11.3 Å². The van der Waals surface area contributed by atoms with Gasteiger partial charge in [-0.3, -0.25) is 9.59 Å². The average Bonchev–Trinajstić information content (AvgIpc) is 2.83. The first-order valence-electron chi connectivity index (χ1n) is 11.8. The molecule has 0 bridgehead atoms. The van der Waals surface area contributed by atoms with Gasteiger partial charge in [-0.15, -0.1) is 0 Å². The Kier molecular flexibility index (Phi) is 7.92. The molecule has 8 heteroatoms. The van der Waals surface area contributed by atoms with Gasteiger partial charge in [0.2, 0.25) is 5.91 Å². The van der Waals surface area contributed by atoms with Gasteiger partial charge < -0.3 is 20.4 Å². The van der Waals surface area contributed by atoms with Crippen molar-refractivity contribution in [2.45, 2.75) is 52.2 Å². The number of hydrogen-bond acceptors (Lipinski definition) is 4. The first-order chi connectivity index (χ1) is 16.4. The van der Waals surface area contributed by atoms with E-state index >= 15 is 0 Å². The summed E-state index contributed by atoms with van der Waals surface area (Å²) in [7, 11) is 0. The van der Waals surface area contributed by atoms with Crippen LogP contribution >= 0.6 is 11.6 Å². The van der Waals surface area contributed by atoms with Gasteiger partial charge in [0.25, 0.3) is 5.91 Å². The number of aromatic carboxylic acids is 1. The molecule has 2 amide bonds. The molecule has 3 N–H and O–H groups in total. The van der Waals surface area contributed by atoms with Crippen molar-refractivity contribution in [3.63, 3.8) is 0 Å². The maximum atomic E-state index is 13.6. The number of nitrogens with one attached hydrogen (secondary N) is 1. The van der Waals surface area contributed by atoms with E-state index in [1.165, 1.54) is 24.3 Å². The Balaban J connectivity index is 1.81. The fourth-order valence-electron chi connectivity index (χ4n) is 4.67. The minimum absolute atomic E-state index is 0.00308. The zero-order valence-corrected chi connectivity index (χ0v) is 21.3. The smallest absolute Gasteiger partial charge is 0.335 e. The Hall–Kier alpha value is -2.90. The summed E-state index contributed by atoms with van der Waals surface area (Å²) in [5.74, 6) is -1.98. The highest BCUT2D eigenvalue weighted by molar-refractivity contribution is 6.30. The lowest BCUT2D eigenvalue weighted by molar-refractivity contribution is -0.155. The highest BCUT2D eigenvalue weighted by Gasteiger charge is 2.50. The number of benzene rings is 2. The molecule has 35 heavy (non-hydrogen) atoms. The van der Waals surface area contributed by atoms with Crippen LogP contribution in [0.5, 0.6) is 0 Å². The summed E-state index contributed by atoms with van der Waals surface area (Å²) in [4.78, 5) is 39.6. The van der Waals surface area contributed by atoms with Crippen molar-refractivity contribution < 1.29 is 24.6 Å². The van der Waals surface area contributed by atoms with Crippen molar-refractivity contribution in [1.82, 2.24) is 10.2 Å². The molecular formula is C27H33ClN2O5. The SMILES string of the molecule is CC[C@@H](C)[C@@H](NC(=O)c1cccc(C(=O)O)c1)C(=O)N1CC[C@](O)(c2ccc(Cl)cc2)C(C)(C)C1. The standard InChI is InChI=1S/C27H33ClN2O5/c1-5-17(2)22(29-23(31)18-7-6-8-19(15-18)25(33)34)24(32)30-14-13-27(35,26(3,4)16-30)20-9-11-21(28)12-10-20/h6-12,15,17,22,35H,5,13-14,16H2,1-4H3,(H,29,31)(H,33,34)/t17-,22-,27+/m1/s1. The van der Waals surface area contributed by atoms with E-state index in [0.717, 1.165) is 5.56 Å². The van der Waals surface area contributed by atoms with Crippen LogP contribution < -0.4 is 5.32 Å². The van der Waals surface area contributed by atoms with Crippen molar-refractivity contribution in [3.8, 4) is 0 Å². The number of hydrogen-bond donors (Lipinski definition) is 3. The van der Waals surface area contributed by atoms with Crippen LogP contribution in [0.1, 0.15) is 66.8 Å². The quantitative estimate of drug-likeness (QED) is 0.524. The zero-order valence-electron chi connectivity index (χ0n) is 20.5. The lowest BCUT2D eigenvalue weighted by Gasteiger charge is -2.51. The topological polar surface area (TPSA) is 107 Å². The second-order valence-corrected chi connectivity index (χ2v) is 10.4. The monoisotopic (exact) mass is 500 g/mol. The maximum absolute atomic E-state index is 13.6. The Morgan fingerprint density at radius 1 is 1.11 bits per heavy atom. The number of carboxylic acids is 1. The van der Waals surface area contributed by atoms with Gasteiger partial charge in [-0.2, -0.15) is 0 Å². The highest BCUT2D eigenvalue weighted by Crippen LogP contribution is 2.46. The van der Waals surface area contributed by atoms with Gasteiger partial charge in [-0.1, -0.05) is 63.9 Å². The summed E-state index contributed by atoms with van der Waals surface area (Å²) in [6, 6.07) is 12.1. The lowest BCUT2D eigenvalue weighted by atomic mass is 9.66. The second-order valence-electron chi connectivity index (χ2n) is 9.98. The minimum Gasteiger partial charge on any atom is -0.478 e. The normalized spacial score (nSPS) is 21.1. The Morgan fingerprint density at radius 2 is 1.74 bits per heavy atom. The van der Waals surface area contributed by atoms with E-state index in [2.05, 4.69) is 5.32 Å². The third-order valence-electron chi connectivity index (χ3n) is 7.22. The fraction of sp³-hybridized carbons (Fsp3) is 0.444. The van der Waals surface area contributed by atoms with E-state index in [1.54, 1.807) is 17.0 Å². The highest BCUT2D eigenvalue weighted by atomic mass is 35.5. The van der Waals surface area contributed by atoms with Crippen LogP contribution in [0.15, 0.2) is 48.5 Å². The van der Waals surface area contributed by atoms with E-state index in [-0.39, 0.29) is 23.0 Å². The molecule has 0 radical (unpaired) electrons. The van der Waals surface area contributed by atoms with Gasteiger partial charge in [0.05, 0.1) is 11.2 Å². The molecule has 0 aliphatic carbocycles. The minimum atomic E-state index is -1.14. The van der Waals surface area contributed by atoms with E-state index < -0.39 is 28.9 Å². The van der Waals surface area contributed by atoms with Gasteiger partial charge in [0.15, 0.2) is 0 Å². The molecule has 3 rings (SSSR count). The van der Waals surface area contributed by atoms with Crippen molar-refractivity contribution >= 4 is 29.4 Å². The Morgan fingerprint density at radius 3 is 2.31 bits per heavy atom. The van der Waals surface area contributed by atoms with Crippen molar-refractivity contribution in [3.05, 3.63) is 70.2 Å². The molecule has 1 aliphatic rings. The van der Waals surface area contributed by atoms with Crippen LogP contribution in [0.3, 0.4) is 0 Å². The molecule has 0 saturated carbocycles. The van der Waals surface area contributed by atoms with E-state index in [4.69, 9.17) is 11.6 Å². The average molecular weight is 501 g/mol. The summed E-state index contributed by atoms with van der Waals surface area (Å²) < 4.78 is 0.